The van der Waals surface area contributed by atoms with Crippen LogP contribution >= 0.6 is 0 Å². The Bertz CT molecular complexity index is 287. The first-order chi connectivity index (χ1) is 6.92. The van der Waals surface area contributed by atoms with E-state index >= 15 is 0 Å². The van der Waals surface area contributed by atoms with Crippen molar-refractivity contribution in [2.75, 3.05) is 13.1 Å². The maximum atomic E-state index is 3.44. The standard InChI is InChI=1S/C13H19N/c1-2-5-11-6-3-4-7-13(11)12-8-9-14-10-12/h3-4,6-7,12,14H,2,5,8-10H2,1H3. The van der Waals surface area contributed by atoms with Crippen LogP contribution in [-0.2, 0) is 6.42 Å². The first-order valence-electron chi connectivity index (χ1n) is 5.70. The lowest BCUT2D eigenvalue weighted by Crippen LogP contribution is -2.09. The molecule has 1 saturated heterocycles. The van der Waals surface area contributed by atoms with Crippen LogP contribution in [0, 0.1) is 0 Å². The number of nitrogens with one attached hydrogen (secondary N) is 1. The van der Waals surface area contributed by atoms with E-state index in [2.05, 4.69) is 36.5 Å². The van der Waals surface area contributed by atoms with Gasteiger partial charge in [-0.25, -0.2) is 0 Å². The third kappa shape index (κ3) is 1.98. The number of aryl methyl sites for hydroxylation is 1. The minimum Gasteiger partial charge on any atom is -0.316 e. The molecule has 0 aromatic heterocycles. The highest BCUT2D eigenvalue weighted by atomic mass is 14.9. The van der Waals surface area contributed by atoms with Gasteiger partial charge in [-0.05, 0) is 36.4 Å². The van der Waals surface area contributed by atoms with Crippen LogP contribution in [0.5, 0.6) is 0 Å². The Labute approximate surface area is 86.5 Å². The average Bonchev–Trinajstić information content (AvgIpc) is 2.72. The second-order valence-electron chi connectivity index (χ2n) is 4.14. The van der Waals surface area contributed by atoms with Gasteiger partial charge in [0.1, 0.15) is 0 Å². The summed E-state index contributed by atoms with van der Waals surface area (Å²) >= 11 is 0. The van der Waals surface area contributed by atoms with Gasteiger partial charge in [0.15, 0.2) is 0 Å². The summed E-state index contributed by atoms with van der Waals surface area (Å²) in [6, 6.07) is 8.93. The van der Waals surface area contributed by atoms with E-state index in [1.165, 1.54) is 32.4 Å². The maximum absolute atomic E-state index is 3.44. The molecule has 0 amide bonds. The first kappa shape index (κ1) is 9.72. The molecule has 2 rings (SSSR count). The molecular formula is C13H19N. The number of hydrogen-bond acceptors (Lipinski definition) is 1. The topological polar surface area (TPSA) is 12.0 Å². The zero-order chi connectivity index (χ0) is 9.80. The van der Waals surface area contributed by atoms with Gasteiger partial charge >= 0.3 is 0 Å². The molecule has 0 saturated carbocycles. The molecule has 76 valence electrons. The Balaban J connectivity index is 2.21. The van der Waals surface area contributed by atoms with E-state index in [9.17, 15) is 0 Å². The van der Waals surface area contributed by atoms with Gasteiger partial charge in [0.2, 0.25) is 0 Å². The van der Waals surface area contributed by atoms with Gasteiger partial charge < -0.3 is 5.32 Å². The summed E-state index contributed by atoms with van der Waals surface area (Å²) in [6.45, 7) is 4.61. The minimum atomic E-state index is 0.762. The van der Waals surface area contributed by atoms with E-state index in [0.717, 1.165) is 5.92 Å². The van der Waals surface area contributed by atoms with Crippen LogP contribution < -0.4 is 5.32 Å². The molecule has 1 aliphatic rings. The van der Waals surface area contributed by atoms with Gasteiger partial charge in [0.25, 0.3) is 0 Å². The average molecular weight is 189 g/mol. The molecule has 1 aromatic rings. The van der Waals surface area contributed by atoms with E-state index in [1.807, 2.05) is 0 Å². The molecule has 1 heterocycles. The van der Waals surface area contributed by atoms with Crippen molar-refractivity contribution in [1.82, 2.24) is 5.32 Å². The molecule has 1 aromatic carbocycles. The van der Waals surface area contributed by atoms with E-state index in [4.69, 9.17) is 0 Å². The van der Waals surface area contributed by atoms with Crippen molar-refractivity contribution in [2.24, 2.45) is 0 Å². The molecule has 1 fully saturated rings. The summed E-state index contributed by atoms with van der Waals surface area (Å²) in [5.74, 6) is 0.762. The number of hydrogen-bond donors (Lipinski definition) is 1. The third-order valence-corrected chi connectivity index (χ3v) is 3.07. The van der Waals surface area contributed by atoms with Crippen LogP contribution in [0.2, 0.25) is 0 Å². The molecule has 0 aliphatic carbocycles. The van der Waals surface area contributed by atoms with E-state index < -0.39 is 0 Å². The van der Waals surface area contributed by atoms with Crippen LogP contribution in [0.3, 0.4) is 0 Å². The van der Waals surface area contributed by atoms with E-state index in [1.54, 1.807) is 11.1 Å². The Kier molecular flexibility index (Phi) is 3.20. The lowest BCUT2D eigenvalue weighted by Gasteiger charge is -2.13. The molecule has 0 bridgehead atoms. The van der Waals surface area contributed by atoms with Crippen molar-refractivity contribution < 1.29 is 0 Å². The summed E-state index contributed by atoms with van der Waals surface area (Å²) in [6.07, 6.45) is 3.78. The fraction of sp³-hybridized carbons (Fsp3) is 0.538. The molecule has 1 heteroatoms. The van der Waals surface area contributed by atoms with Crippen LogP contribution in [0.25, 0.3) is 0 Å². The van der Waals surface area contributed by atoms with Gasteiger partial charge in [0.05, 0.1) is 0 Å². The quantitative estimate of drug-likeness (QED) is 0.771. The summed E-state index contributed by atoms with van der Waals surface area (Å²) in [4.78, 5) is 0. The lowest BCUT2D eigenvalue weighted by atomic mass is 9.92. The molecule has 0 radical (unpaired) electrons. The highest BCUT2D eigenvalue weighted by Gasteiger charge is 2.18. The SMILES string of the molecule is CCCc1ccccc1C1CCNC1. The molecule has 0 spiro atoms. The fourth-order valence-corrected chi connectivity index (χ4v) is 2.35. The molecule has 1 unspecified atom stereocenters. The first-order valence-corrected chi connectivity index (χ1v) is 5.70. The van der Waals surface area contributed by atoms with Gasteiger partial charge in [0, 0.05) is 6.54 Å². The van der Waals surface area contributed by atoms with Crippen molar-refractivity contribution in [3.8, 4) is 0 Å². The van der Waals surface area contributed by atoms with E-state index in [-0.39, 0.29) is 0 Å². The van der Waals surface area contributed by atoms with E-state index in [0.29, 0.717) is 0 Å². The van der Waals surface area contributed by atoms with Crippen LogP contribution in [-0.4, -0.2) is 13.1 Å². The van der Waals surface area contributed by atoms with Crippen LogP contribution in [0.1, 0.15) is 36.8 Å². The zero-order valence-electron chi connectivity index (χ0n) is 8.92. The van der Waals surface area contributed by atoms with Crippen molar-refractivity contribution in [3.05, 3.63) is 35.4 Å². The fourth-order valence-electron chi connectivity index (χ4n) is 2.35. The Morgan fingerprint density at radius 3 is 2.93 bits per heavy atom. The van der Waals surface area contributed by atoms with Crippen LogP contribution in [0.15, 0.2) is 24.3 Å². The third-order valence-electron chi connectivity index (χ3n) is 3.07. The molecule has 1 nitrogen and oxygen atoms in total. The normalized spacial score (nSPS) is 21.4. The smallest absolute Gasteiger partial charge is 0.00207 e. The monoisotopic (exact) mass is 189 g/mol. The predicted octanol–water partition coefficient (Wildman–Crippen LogP) is 2.72. The molecule has 1 aliphatic heterocycles. The zero-order valence-corrected chi connectivity index (χ0v) is 8.92. The second kappa shape index (κ2) is 4.61. The molecule has 1 atom stereocenters. The van der Waals surface area contributed by atoms with Gasteiger partial charge in [-0.2, -0.15) is 0 Å². The Morgan fingerprint density at radius 2 is 2.21 bits per heavy atom. The lowest BCUT2D eigenvalue weighted by molar-refractivity contribution is 0.744. The number of benzene rings is 1. The Hall–Kier alpha value is -0.820. The highest BCUT2D eigenvalue weighted by Crippen LogP contribution is 2.26. The molecule has 14 heavy (non-hydrogen) atoms. The summed E-state index contributed by atoms with van der Waals surface area (Å²) in [5, 5.41) is 3.44. The van der Waals surface area contributed by atoms with Crippen molar-refractivity contribution >= 4 is 0 Å². The minimum absolute atomic E-state index is 0.762. The molecular weight excluding hydrogens is 170 g/mol. The second-order valence-corrected chi connectivity index (χ2v) is 4.14. The van der Waals surface area contributed by atoms with Crippen molar-refractivity contribution in [1.29, 1.82) is 0 Å². The summed E-state index contributed by atoms with van der Waals surface area (Å²) in [5.41, 5.74) is 3.14. The van der Waals surface area contributed by atoms with Gasteiger partial charge in [-0.3, -0.25) is 0 Å². The van der Waals surface area contributed by atoms with Gasteiger partial charge in [-0.1, -0.05) is 37.6 Å². The number of rotatable bonds is 3. The Morgan fingerprint density at radius 1 is 1.36 bits per heavy atom. The maximum Gasteiger partial charge on any atom is 0.00207 e. The molecule has 1 N–H and O–H groups in total. The van der Waals surface area contributed by atoms with Gasteiger partial charge in [-0.15, -0.1) is 0 Å². The van der Waals surface area contributed by atoms with Crippen LogP contribution in [0.4, 0.5) is 0 Å². The van der Waals surface area contributed by atoms with Crippen molar-refractivity contribution in [2.45, 2.75) is 32.1 Å². The summed E-state index contributed by atoms with van der Waals surface area (Å²) in [7, 11) is 0. The largest absolute Gasteiger partial charge is 0.316 e. The highest BCUT2D eigenvalue weighted by molar-refractivity contribution is 5.31. The van der Waals surface area contributed by atoms with Crippen molar-refractivity contribution in [3.63, 3.8) is 0 Å². The summed E-state index contributed by atoms with van der Waals surface area (Å²) < 4.78 is 0. The predicted molar refractivity (Wildman–Crippen MR) is 60.7 cm³/mol.